The van der Waals surface area contributed by atoms with Crippen molar-refractivity contribution in [3.63, 3.8) is 0 Å². The molecule has 3 aromatic carbocycles. The molecule has 0 spiro atoms. The minimum Gasteiger partial charge on any atom is -0.508 e. The van der Waals surface area contributed by atoms with Crippen molar-refractivity contribution in [3.05, 3.63) is 48.5 Å². The number of aromatic hydroxyl groups is 1. The summed E-state index contributed by atoms with van der Waals surface area (Å²) in [6, 6.07) is 16.0. The van der Waals surface area contributed by atoms with E-state index < -0.39 is 0 Å². The highest BCUT2D eigenvalue weighted by atomic mass is 16.7. The first-order chi connectivity index (χ1) is 15.2. The summed E-state index contributed by atoms with van der Waals surface area (Å²) in [6.45, 7) is 9.02. The Hall–Kier alpha value is -2.92. The first-order valence-electron chi connectivity index (χ1n) is 11.3. The third-order valence-electron chi connectivity index (χ3n) is 6.01. The van der Waals surface area contributed by atoms with Crippen molar-refractivity contribution < 1.29 is 14.6 Å². The van der Waals surface area contributed by atoms with Gasteiger partial charge < -0.3 is 24.8 Å². The maximum atomic E-state index is 10.2. The van der Waals surface area contributed by atoms with Crippen molar-refractivity contribution in [2.75, 3.05) is 38.3 Å². The molecule has 0 saturated heterocycles. The van der Waals surface area contributed by atoms with E-state index >= 15 is 0 Å². The van der Waals surface area contributed by atoms with E-state index in [1.165, 1.54) is 19.4 Å². The van der Waals surface area contributed by atoms with E-state index in [1.54, 1.807) is 0 Å². The zero-order valence-electron chi connectivity index (χ0n) is 18.5. The predicted molar refractivity (Wildman–Crippen MR) is 127 cm³/mol. The van der Waals surface area contributed by atoms with Crippen LogP contribution in [0, 0.1) is 0 Å². The molecule has 0 amide bonds. The maximum Gasteiger partial charge on any atom is 0.231 e. The van der Waals surface area contributed by atoms with Crippen LogP contribution in [0.1, 0.15) is 33.1 Å². The fraction of sp³-hybridized carbons (Fsp3) is 0.385. The Kier molecular flexibility index (Phi) is 6.82. The number of phenols is 1. The lowest BCUT2D eigenvalue weighted by atomic mass is 9.99. The molecule has 5 nitrogen and oxygen atoms in total. The molecule has 1 heterocycles. The number of nitrogens with one attached hydrogen (secondary N) is 1. The molecule has 1 aliphatic rings. The van der Waals surface area contributed by atoms with Gasteiger partial charge in [-0.1, -0.05) is 38.5 Å². The average Bonchev–Trinajstić information content (AvgIpc) is 3.26. The molecule has 0 aliphatic carbocycles. The third-order valence-corrected chi connectivity index (χ3v) is 6.01. The van der Waals surface area contributed by atoms with Gasteiger partial charge in [0.2, 0.25) is 6.79 Å². The van der Waals surface area contributed by atoms with Crippen molar-refractivity contribution in [3.8, 4) is 28.4 Å². The summed E-state index contributed by atoms with van der Waals surface area (Å²) in [5.41, 5.74) is 3.17. The molecule has 0 atom stereocenters. The molecule has 5 heteroatoms. The molecule has 0 aromatic heterocycles. The summed E-state index contributed by atoms with van der Waals surface area (Å²) >= 11 is 0. The van der Waals surface area contributed by atoms with Gasteiger partial charge in [0.1, 0.15) is 5.75 Å². The Morgan fingerprint density at radius 2 is 1.65 bits per heavy atom. The van der Waals surface area contributed by atoms with Crippen LogP contribution in [0.25, 0.3) is 21.9 Å². The van der Waals surface area contributed by atoms with Crippen molar-refractivity contribution in [1.29, 1.82) is 0 Å². The molecule has 164 valence electrons. The number of hydrogen-bond acceptors (Lipinski definition) is 5. The number of hydrogen-bond donors (Lipinski definition) is 2. The van der Waals surface area contributed by atoms with Gasteiger partial charge in [-0.25, -0.2) is 0 Å². The van der Waals surface area contributed by atoms with E-state index in [9.17, 15) is 5.11 Å². The molecule has 2 N–H and O–H groups in total. The summed E-state index contributed by atoms with van der Waals surface area (Å²) in [6.07, 6.45) is 3.53. The highest BCUT2D eigenvalue weighted by Gasteiger charge is 2.14. The number of anilines is 1. The Labute approximate surface area is 184 Å². The second-order valence-corrected chi connectivity index (χ2v) is 8.01. The van der Waals surface area contributed by atoms with Crippen LogP contribution in [0.5, 0.6) is 17.2 Å². The number of fused-ring (bicyclic) bond motifs is 2. The Morgan fingerprint density at radius 3 is 2.48 bits per heavy atom. The van der Waals surface area contributed by atoms with E-state index in [2.05, 4.69) is 48.3 Å². The minimum absolute atomic E-state index is 0.277. The van der Waals surface area contributed by atoms with Crippen LogP contribution in [0.15, 0.2) is 48.5 Å². The Balaban J connectivity index is 1.46. The lowest BCUT2D eigenvalue weighted by molar-refractivity contribution is 0.174. The molecule has 0 bridgehead atoms. The van der Waals surface area contributed by atoms with Crippen LogP contribution in [-0.4, -0.2) is 43.0 Å². The largest absolute Gasteiger partial charge is 0.508 e. The lowest BCUT2D eigenvalue weighted by Gasteiger charge is -2.17. The summed E-state index contributed by atoms with van der Waals surface area (Å²) in [7, 11) is 0. The zero-order valence-corrected chi connectivity index (χ0v) is 18.5. The summed E-state index contributed by atoms with van der Waals surface area (Å²) in [5.74, 6) is 1.86. The molecule has 3 aromatic rings. The molecule has 0 radical (unpaired) electrons. The van der Waals surface area contributed by atoms with Crippen LogP contribution in [-0.2, 0) is 0 Å². The van der Waals surface area contributed by atoms with Gasteiger partial charge in [0.15, 0.2) is 11.5 Å². The van der Waals surface area contributed by atoms with Gasteiger partial charge in [0.05, 0.1) is 0 Å². The number of benzene rings is 3. The fourth-order valence-corrected chi connectivity index (χ4v) is 4.14. The van der Waals surface area contributed by atoms with E-state index in [0.29, 0.717) is 0 Å². The molecular weight excluding hydrogens is 388 g/mol. The fourth-order valence-electron chi connectivity index (χ4n) is 4.14. The normalized spacial score (nSPS) is 12.6. The van der Waals surface area contributed by atoms with Gasteiger partial charge in [-0.3, -0.25) is 0 Å². The van der Waals surface area contributed by atoms with E-state index in [1.807, 2.05) is 24.3 Å². The monoisotopic (exact) mass is 420 g/mol. The van der Waals surface area contributed by atoms with E-state index in [4.69, 9.17) is 9.47 Å². The average molecular weight is 421 g/mol. The Bertz CT molecular complexity index is 1030. The first-order valence-corrected chi connectivity index (χ1v) is 11.3. The van der Waals surface area contributed by atoms with Crippen molar-refractivity contribution in [2.24, 2.45) is 0 Å². The van der Waals surface area contributed by atoms with Gasteiger partial charge in [-0.05, 0) is 73.3 Å². The first kappa shape index (κ1) is 21.3. The zero-order chi connectivity index (χ0) is 21.6. The summed E-state index contributed by atoms with van der Waals surface area (Å²) < 4.78 is 11.0. The van der Waals surface area contributed by atoms with Crippen LogP contribution < -0.4 is 14.8 Å². The standard InChI is InChI=1S/C26H32N2O3/c1-3-28(4-2)13-7-5-6-12-27-24-17-22(29)14-21-9-8-19(15-23(21)24)20-10-11-25-26(16-20)31-18-30-25/h8-11,14-17,27,29H,3-7,12-13,18H2,1-2H3. The smallest absolute Gasteiger partial charge is 0.231 e. The summed E-state index contributed by atoms with van der Waals surface area (Å²) in [4.78, 5) is 2.47. The highest BCUT2D eigenvalue weighted by Crippen LogP contribution is 2.38. The molecule has 31 heavy (non-hydrogen) atoms. The number of rotatable bonds is 10. The van der Waals surface area contributed by atoms with Gasteiger partial charge in [0.25, 0.3) is 0 Å². The number of unbranched alkanes of at least 4 members (excludes halogenated alkanes) is 2. The van der Waals surface area contributed by atoms with Crippen molar-refractivity contribution in [2.45, 2.75) is 33.1 Å². The lowest BCUT2D eigenvalue weighted by Crippen LogP contribution is -2.23. The predicted octanol–water partition coefficient (Wildman–Crippen LogP) is 5.87. The quantitative estimate of drug-likeness (QED) is 0.402. The molecule has 0 saturated carbocycles. The van der Waals surface area contributed by atoms with Crippen LogP contribution >= 0.6 is 0 Å². The van der Waals surface area contributed by atoms with Crippen LogP contribution in [0.3, 0.4) is 0 Å². The molecule has 4 rings (SSSR count). The van der Waals surface area contributed by atoms with E-state index in [-0.39, 0.29) is 12.5 Å². The summed E-state index contributed by atoms with van der Waals surface area (Å²) in [5, 5.41) is 15.9. The highest BCUT2D eigenvalue weighted by molar-refractivity contribution is 5.98. The molecule has 0 unspecified atom stereocenters. The van der Waals surface area contributed by atoms with Crippen LogP contribution in [0.4, 0.5) is 5.69 Å². The van der Waals surface area contributed by atoms with Gasteiger partial charge in [-0.2, -0.15) is 0 Å². The number of phenolic OH excluding ortho intramolecular Hbond substituents is 1. The van der Waals surface area contributed by atoms with Gasteiger partial charge in [-0.15, -0.1) is 0 Å². The topological polar surface area (TPSA) is 54.0 Å². The van der Waals surface area contributed by atoms with Crippen molar-refractivity contribution >= 4 is 16.5 Å². The van der Waals surface area contributed by atoms with Crippen LogP contribution in [0.2, 0.25) is 0 Å². The second kappa shape index (κ2) is 9.92. The molecule has 0 fully saturated rings. The van der Waals surface area contributed by atoms with E-state index in [0.717, 1.165) is 65.1 Å². The van der Waals surface area contributed by atoms with Gasteiger partial charge in [0, 0.05) is 23.7 Å². The van der Waals surface area contributed by atoms with Gasteiger partial charge >= 0.3 is 0 Å². The number of nitrogens with zero attached hydrogens (tertiary/aromatic N) is 1. The number of ether oxygens (including phenoxy) is 2. The van der Waals surface area contributed by atoms with Crippen molar-refractivity contribution in [1.82, 2.24) is 4.90 Å². The maximum absolute atomic E-state index is 10.2. The molecular formula is C26H32N2O3. The Morgan fingerprint density at radius 1 is 0.871 bits per heavy atom. The molecule has 1 aliphatic heterocycles. The third kappa shape index (κ3) is 5.05. The SMILES string of the molecule is CCN(CC)CCCCCNc1cc(O)cc2ccc(-c3ccc4c(c3)OCO4)cc12. The second-order valence-electron chi connectivity index (χ2n) is 8.01. The minimum atomic E-state index is 0.277.